The van der Waals surface area contributed by atoms with Gasteiger partial charge in [0.15, 0.2) is 0 Å². The van der Waals surface area contributed by atoms with Crippen LogP contribution in [-0.4, -0.2) is 10.9 Å². The van der Waals surface area contributed by atoms with E-state index in [1.165, 1.54) is 0 Å². The number of thiocarbonyl (C=S) groups is 1. The maximum Gasteiger partial charge on any atom is 0.237 e. The minimum atomic E-state index is -0.669. The van der Waals surface area contributed by atoms with Crippen molar-refractivity contribution in [3.8, 4) is 0 Å². The number of nitrogens with two attached hydrogens (primary N) is 1. The van der Waals surface area contributed by atoms with Gasteiger partial charge < -0.3 is 11.1 Å². The van der Waals surface area contributed by atoms with Crippen molar-refractivity contribution in [2.24, 2.45) is 11.1 Å². The summed E-state index contributed by atoms with van der Waals surface area (Å²) in [7, 11) is 0. The SMILES string of the molecule is CC(C)c1ccccc1NC(=O)C1(C(N)=S)CCCCC1. The number of rotatable bonds is 4. The molecule has 1 saturated carbocycles. The van der Waals surface area contributed by atoms with Gasteiger partial charge in [-0.15, -0.1) is 0 Å². The first-order valence-corrected chi connectivity index (χ1v) is 8.08. The van der Waals surface area contributed by atoms with Crippen LogP contribution in [0.25, 0.3) is 0 Å². The molecule has 1 aromatic carbocycles. The van der Waals surface area contributed by atoms with Gasteiger partial charge in [-0.25, -0.2) is 0 Å². The Morgan fingerprint density at radius 3 is 2.43 bits per heavy atom. The first-order valence-electron chi connectivity index (χ1n) is 7.67. The van der Waals surface area contributed by atoms with Crippen LogP contribution in [-0.2, 0) is 4.79 Å². The maximum atomic E-state index is 12.8. The molecule has 3 nitrogen and oxygen atoms in total. The second kappa shape index (κ2) is 6.56. The molecule has 0 spiro atoms. The molecule has 0 atom stereocenters. The third-order valence-corrected chi connectivity index (χ3v) is 4.84. The van der Waals surface area contributed by atoms with Gasteiger partial charge in [0, 0.05) is 5.69 Å². The fraction of sp³-hybridized carbons (Fsp3) is 0.529. The lowest BCUT2D eigenvalue weighted by Crippen LogP contribution is -2.47. The van der Waals surface area contributed by atoms with Gasteiger partial charge >= 0.3 is 0 Å². The van der Waals surface area contributed by atoms with E-state index < -0.39 is 5.41 Å². The van der Waals surface area contributed by atoms with Gasteiger partial charge in [-0.05, 0) is 30.4 Å². The molecule has 4 heteroatoms. The van der Waals surface area contributed by atoms with Crippen LogP contribution in [0.3, 0.4) is 0 Å². The first-order chi connectivity index (χ1) is 9.97. The third-order valence-electron chi connectivity index (χ3n) is 4.44. The lowest BCUT2D eigenvalue weighted by molar-refractivity contribution is -0.123. The number of carbonyl (C=O) groups is 1. The molecule has 0 heterocycles. The second-order valence-corrected chi connectivity index (χ2v) is 6.64. The summed E-state index contributed by atoms with van der Waals surface area (Å²) in [6.45, 7) is 4.24. The number of amides is 1. The van der Waals surface area contributed by atoms with Gasteiger partial charge in [0.2, 0.25) is 5.91 Å². The molecular weight excluding hydrogens is 280 g/mol. The van der Waals surface area contributed by atoms with Crippen molar-refractivity contribution in [2.45, 2.75) is 51.9 Å². The third kappa shape index (κ3) is 3.26. The summed E-state index contributed by atoms with van der Waals surface area (Å²) in [6.07, 6.45) is 4.70. The van der Waals surface area contributed by atoms with Crippen molar-refractivity contribution in [2.75, 3.05) is 5.32 Å². The lowest BCUT2D eigenvalue weighted by atomic mass is 9.73. The summed E-state index contributed by atoms with van der Waals surface area (Å²) >= 11 is 5.22. The minimum Gasteiger partial charge on any atom is -0.392 e. The monoisotopic (exact) mass is 304 g/mol. The fourth-order valence-electron chi connectivity index (χ4n) is 3.10. The van der Waals surface area contributed by atoms with Gasteiger partial charge in [0.05, 0.1) is 10.4 Å². The number of nitrogens with one attached hydrogen (secondary N) is 1. The van der Waals surface area contributed by atoms with Gasteiger partial charge in [-0.2, -0.15) is 0 Å². The lowest BCUT2D eigenvalue weighted by Gasteiger charge is -2.35. The molecule has 0 saturated heterocycles. The topological polar surface area (TPSA) is 55.1 Å². The molecule has 0 aliphatic heterocycles. The highest BCUT2D eigenvalue weighted by Crippen LogP contribution is 2.38. The van der Waals surface area contributed by atoms with Crippen molar-refractivity contribution in [3.05, 3.63) is 29.8 Å². The molecule has 21 heavy (non-hydrogen) atoms. The molecule has 2 rings (SSSR count). The van der Waals surface area contributed by atoms with Crippen LogP contribution in [0.2, 0.25) is 0 Å². The molecule has 1 aromatic rings. The average molecular weight is 304 g/mol. The molecule has 0 radical (unpaired) electrons. The van der Waals surface area contributed by atoms with Crippen molar-refractivity contribution in [1.29, 1.82) is 0 Å². The van der Waals surface area contributed by atoms with E-state index in [-0.39, 0.29) is 5.91 Å². The van der Waals surface area contributed by atoms with Crippen molar-refractivity contribution >= 4 is 28.8 Å². The molecule has 3 N–H and O–H groups in total. The van der Waals surface area contributed by atoms with Gasteiger partial charge in [-0.1, -0.05) is 63.5 Å². The Labute approximate surface area is 132 Å². The van der Waals surface area contributed by atoms with Gasteiger partial charge in [-0.3, -0.25) is 4.79 Å². The maximum absolute atomic E-state index is 12.8. The first kappa shape index (κ1) is 16.0. The normalized spacial score (nSPS) is 17.5. The van der Waals surface area contributed by atoms with Crippen molar-refractivity contribution in [1.82, 2.24) is 0 Å². The predicted octanol–water partition coefficient (Wildman–Crippen LogP) is 3.99. The molecule has 1 fully saturated rings. The smallest absolute Gasteiger partial charge is 0.237 e. The number of anilines is 1. The second-order valence-electron chi connectivity index (χ2n) is 6.20. The standard InChI is InChI=1S/C17H24N2OS/c1-12(2)13-8-4-5-9-14(13)19-16(20)17(15(18)21)10-6-3-7-11-17/h4-5,8-9,12H,3,6-7,10-11H2,1-2H3,(H2,18,21)(H,19,20). The van der Waals surface area contributed by atoms with Crippen LogP contribution in [0.4, 0.5) is 5.69 Å². The number of hydrogen-bond acceptors (Lipinski definition) is 2. The zero-order valence-corrected chi connectivity index (χ0v) is 13.6. The molecule has 1 aliphatic rings. The Morgan fingerprint density at radius 1 is 1.24 bits per heavy atom. The molecule has 1 aliphatic carbocycles. The van der Waals surface area contributed by atoms with Crippen LogP contribution < -0.4 is 11.1 Å². The Hall–Kier alpha value is -1.42. The summed E-state index contributed by atoms with van der Waals surface area (Å²) < 4.78 is 0. The van der Waals surface area contributed by atoms with Crippen LogP contribution in [0.1, 0.15) is 57.4 Å². The molecule has 114 valence electrons. The number of hydrogen-bond donors (Lipinski definition) is 2. The highest BCUT2D eigenvalue weighted by molar-refractivity contribution is 7.80. The van der Waals surface area contributed by atoms with E-state index in [4.69, 9.17) is 18.0 Å². The van der Waals surface area contributed by atoms with E-state index in [1.54, 1.807) is 0 Å². The summed E-state index contributed by atoms with van der Waals surface area (Å²) in [4.78, 5) is 13.2. The highest BCUT2D eigenvalue weighted by atomic mass is 32.1. The van der Waals surface area contributed by atoms with Crippen LogP contribution in [0.15, 0.2) is 24.3 Å². The van der Waals surface area contributed by atoms with E-state index in [1.807, 2.05) is 18.2 Å². The number of para-hydroxylation sites is 1. The van der Waals surface area contributed by atoms with Gasteiger partial charge in [0.25, 0.3) is 0 Å². The number of benzene rings is 1. The van der Waals surface area contributed by atoms with Gasteiger partial charge in [0.1, 0.15) is 0 Å². The quantitative estimate of drug-likeness (QED) is 0.827. The van der Waals surface area contributed by atoms with Crippen LogP contribution in [0, 0.1) is 5.41 Å². The van der Waals surface area contributed by atoms with E-state index in [9.17, 15) is 4.79 Å². The fourth-order valence-corrected chi connectivity index (χ4v) is 3.39. The van der Waals surface area contributed by atoms with E-state index in [0.29, 0.717) is 10.9 Å². The Morgan fingerprint density at radius 2 is 1.86 bits per heavy atom. The molecule has 0 bridgehead atoms. The highest BCUT2D eigenvalue weighted by Gasteiger charge is 2.42. The summed E-state index contributed by atoms with van der Waals surface area (Å²) in [6, 6.07) is 7.93. The molecule has 0 aromatic heterocycles. The summed E-state index contributed by atoms with van der Waals surface area (Å²) in [5.74, 6) is 0.316. The minimum absolute atomic E-state index is 0.0391. The van der Waals surface area contributed by atoms with Crippen LogP contribution >= 0.6 is 12.2 Å². The Balaban J connectivity index is 2.26. The van der Waals surface area contributed by atoms with E-state index in [0.717, 1.165) is 43.4 Å². The molecular formula is C17H24N2OS. The Kier molecular flexibility index (Phi) is 4.99. The Bertz CT molecular complexity index is 533. The average Bonchev–Trinajstić information content (AvgIpc) is 2.48. The zero-order chi connectivity index (χ0) is 15.5. The van der Waals surface area contributed by atoms with E-state index in [2.05, 4.69) is 25.2 Å². The van der Waals surface area contributed by atoms with Crippen molar-refractivity contribution < 1.29 is 4.79 Å². The summed E-state index contributed by atoms with van der Waals surface area (Å²) in [5, 5.41) is 3.08. The number of carbonyl (C=O) groups excluding carboxylic acids is 1. The molecule has 1 amide bonds. The predicted molar refractivity (Wildman–Crippen MR) is 91.5 cm³/mol. The van der Waals surface area contributed by atoms with Crippen molar-refractivity contribution in [3.63, 3.8) is 0 Å². The van der Waals surface area contributed by atoms with Crippen LogP contribution in [0.5, 0.6) is 0 Å². The summed E-state index contributed by atoms with van der Waals surface area (Å²) in [5.41, 5.74) is 7.27. The zero-order valence-electron chi connectivity index (χ0n) is 12.8. The largest absolute Gasteiger partial charge is 0.392 e. The molecule has 0 unspecified atom stereocenters. The van der Waals surface area contributed by atoms with E-state index >= 15 is 0 Å².